The molecule has 7 heteroatoms. The molecular weight excluding hydrogens is 280 g/mol. The maximum absolute atomic E-state index is 9.31. The number of benzene rings is 1. The summed E-state index contributed by atoms with van der Waals surface area (Å²) in [4.78, 5) is 5.79. The van der Waals surface area contributed by atoms with Crippen LogP contribution in [0.2, 0.25) is 0 Å². The Bertz CT molecular complexity index is 654. The highest BCUT2D eigenvalue weighted by atomic mass is 16.3. The van der Waals surface area contributed by atoms with E-state index < -0.39 is 0 Å². The Labute approximate surface area is 129 Å². The van der Waals surface area contributed by atoms with Crippen molar-refractivity contribution in [1.29, 1.82) is 5.26 Å². The highest BCUT2D eigenvalue weighted by molar-refractivity contribution is 5.50. The van der Waals surface area contributed by atoms with Crippen LogP contribution in [0.3, 0.4) is 0 Å². The lowest BCUT2D eigenvalue weighted by atomic mass is 10.3. The molecule has 1 fully saturated rings. The van der Waals surface area contributed by atoms with Gasteiger partial charge in [-0.1, -0.05) is 18.2 Å². The first-order valence-electron chi connectivity index (χ1n) is 7.33. The Kier molecular flexibility index (Phi) is 4.32. The first kappa shape index (κ1) is 14.5. The average molecular weight is 298 g/mol. The van der Waals surface area contributed by atoms with E-state index in [-0.39, 0.29) is 6.61 Å². The molecule has 0 spiro atoms. The summed E-state index contributed by atoms with van der Waals surface area (Å²) in [5, 5.41) is 27.1. The number of aliphatic hydroxyl groups excluding tert-OH is 1. The molecule has 2 heterocycles. The molecule has 1 aromatic carbocycles. The van der Waals surface area contributed by atoms with Crippen molar-refractivity contribution in [3.63, 3.8) is 0 Å². The van der Waals surface area contributed by atoms with Crippen LogP contribution in [0.1, 0.15) is 5.69 Å². The smallest absolute Gasteiger partial charge is 0.207 e. The van der Waals surface area contributed by atoms with Gasteiger partial charge in [-0.3, -0.25) is 4.90 Å². The van der Waals surface area contributed by atoms with Crippen LogP contribution in [0.15, 0.2) is 30.3 Å². The van der Waals surface area contributed by atoms with E-state index >= 15 is 0 Å². The molecule has 22 heavy (non-hydrogen) atoms. The molecule has 114 valence electrons. The van der Waals surface area contributed by atoms with Gasteiger partial charge in [-0.25, -0.2) is 0 Å². The zero-order valence-electron chi connectivity index (χ0n) is 12.3. The fourth-order valence-electron chi connectivity index (χ4n) is 2.59. The van der Waals surface area contributed by atoms with E-state index in [4.69, 9.17) is 5.11 Å². The third-order valence-corrected chi connectivity index (χ3v) is 3.78. The number of anilines is 1. The van der Waals surface area contributed by atoms with Gasteiger partial charge in [0.1, 0.15) is 6.07 Å². The number of aromatic nitrogens is 3. The number of rotatable bonds is 4. The van der Waals surface area contributed by atoms with E-state index in [1.54, 1.807) is 0 Å². The molecule has 0 bridgehead atoms. The van der Waals surface area contributed by atoms with Gasteiger partial charge in [0.25, 0.3) is 0 Å². The second kappa shape index (κ2) is 6.56. The van der Waals surface area contributed by atoms with Crippen molar-refractivity contribution in [2.75, 3.05) is 44.2 Å². The Morgan fingerprint density at radius 3 is 2.45 bits per heavy atom. The topological polar surface area (TPSA) is 81.2 Å². The predicted octanol–water partition coefficient (Wildman–Crippen LogP) is 0.253. The second-order valence-electron chi connectivity index (χ2n) is 5.16. The Morgan fingerprint density at radius 2 is 1.82 bits per heavy atom. The van der Waals surface area contributed by atoms with Crippen LogP contribution >= 0.6 is 0 Å². The molecule has 1 aliphatic heterocycles. The monoisotopic (exact) mass is 298 g/mol. The lowest BCUT2D eigenvalue weighted by molar-refractivity contribution is 0.188. The number of para-hydroxylation sites is 1. The molecule has 1 saturated heterocycles. The summed E-state index contributed by atoms with van der Waals surface area (Å²) >= 11 is 0. The molecular formula is C15H18N6O. The van der Waals surface area contributed by atoms with E-state index in [0.29, 0.717) is 18.1 Å². The van der Waals surface area contributed by atoms with E-state index in [2.05, 4.69) is 26.1 Å². The summed E-state index contributed by atoms with van der Waals surface area (Å²) in [5.74, 6) is 0.634. The number of aliphatic hydroxyl groups is 1. The number of nitrogens with zero attached hydrogens (tertiary/aromatic N) is 6. The first-order valence-corrected chi connectivity index (χ1v) is 7.33. The van der Waals surface area contributed by atoms with Crippen molar-refractivity contribution in [2.24, 2.45) is 0 Å². The largest absolute Gasteiger partial charge is 0.395 e. The molecule has 1 N–H and O–H groups in total. The van der Waals surface area contributed by atoms with Crippen molar-refractivity contribution >= 4 is 5.82 Å². The van der Waals surface area contributed by atoms with Gasteiger partial charge >= 0.3 is 0 Å². The van der Waals surface area contributed by atoms with E-state index in [1.165, 1.54) is 4.80 Å². The second-order valence-corrected chi connectivity index (χ2v) is 5.16. The van der Waals surface area contributed by atoms with Gasteiger partial charge in [0, 0.05) is 32.7 Å². The predicted molar refractivity (Wildman–Crippen MR) is 81.8 cm³/mol. The Morgan fingerprint density at radius 1 is 1.09 bits per heavy atom. The molecule has 7 nitrogen and oxygen atoms in total. The zero-order chi connectivity index (χ0) is 15.4. The third kappa shape index (κ3) is 2.93. The zero-order valence-corrected chi connectivity index (χ0v) is 12.3. The quantitative estimate of drug-likeness (QED) is 0.871. The number of piperazine rings is 1. The van der Waals surface area contributed by atoms with Gasteiger partial charge in [0.2, 0.25) is 5.69 Å². The fourth-order valence-corrected chi connectivity index (χ4v) is 2.59. The number of hydrogen-bond donors (Lipinski definition) is 1. The van der Waals surface area contributed by atoms with Gasteiger partial charge in [-0.2, -0.15) is 5.26 Å². The minimum atomic E-state index is 0.174. The summed E-state index contributed by atoms with van der Waals surface area (Å²) in [7, 11) is 0. The van der Waals surface area contributed by atoms with Crippen molar-refractivity contribution in [2.45, 2.75) is 0 Å². The molecule has 0 radical (unpaired) electrons. The van der Waals surface area contributed by atoms with Gasteiger partial charge < -0.3 is 10.0 Å². The van der Waals surface area contributed by atoms with Crippen molar-refractivity contribution in [3.8, 4) is 11.8 Å². The first-order chi connectivity index (χ1) is 10.8. The molecule has 0 aliphatic carbocycles. The highest BCUT2D eigenvalue weighted by Gasteiger charge is 2.23. The van der Waals surface area contributed by atoms with Crippen molar-refractivity contribution < 1.29 is 5.11 Å². The average Bonchev–Trinajstić information content (AvgIpc) is 3.01. The normalized spacial score (nSPS) is 15.7. The summed E-state index contributed by atoms with van der Waals surface area (Å²) in [5.41, 5.74) is 1.18. The minimum Gasteiger partial charge on any atom is -0.395 e. The number of hydrogen-bond acceptors (Lipinski definition) is 6. The molecule has 0 saturated carbocycles. The van der Waals surface area contributed by atoms with Crippen LogP contribution in [-0.2, 0) is 0 Å². The van der Waals surface area contributed by atoms with Gasteiger partial charge in [0.15, 0.2) is 5.82 Å². The van der Waals surface area contributed by atoms with Crippen LogP contribution in [0.25, 0.3) is 5.69 Å². The van der Waals surface area contributed by atoms with Crippen molar-refractivity contribution in [3.05, 3.63) is 36.0 Å². The molecule has 0 amide bonds. The Balaban J connectivity index is 1.80. The summed E-state index contributed by atoms with van der Waals surface area (Å²) in [6.07, 6.45) is 0. The lowest BCUT2D eigenvalue weighted by Crippen LogP contribution is -2.47. The number of nitriles is 1. The standard InChI is InChI=1S/C15H18N6O/c16-12-14-15(20-8-6-19(7-9-20)10-11-22)18-21(17-14)13-4-2-1-3-5-13/h1-5,22H,6-11H2. The van der Waals surface area contributed by atoms with Crippen LogP contribution < -0.4 is 4.90 Å². The molecule has 0 unspecified atom stereocenters. The molecule has 0 atom stereocenters. The van der Waals surface area contributed by atoms with Crippen LogP contribution in [0.4, 0.5) is 5.82 Å². The minimum absolute atomic E-state index is 0.174. The van der Waals surface area contributed by atoms with Gasteiger partial charge in [0.05, 0.1) is 12.3 Å². The van der Waals surface area contributed by atoms with Gasteiger partial charge in [-0.15, -0.1) is 15.0 Å². The summed E-state index contributed by atoms with van der Waals surface area (Å²) in [6.45, 7) is 4.13. The molecule has 1 aliphatic rings. The SMILES string of the molecule is N#Cc1nn(-c2ccccc2)nc1N1CCN(CCO)CC1. The maximum atomic E-state index is 9.31. The van der Waals surface area contributed by atoms with Crippen LogP contribution in [0, 0.1) is 11.3 Å². The van der Waals surface area contributed by atoms with Crippen molar-refractivity contribution in [1.82, 2.24) is 19.9 Å². The van der Waals surface area contributed by atoms with E-state index in [1.807, 2.05) is 30.3 Å². The fraction of sp³-hybridized carbons (Fsp3) is 0.400. The molecule has 3 rings (SSSR count). The van der Waals surface area contributed by atoms with Crippen LogP contribution in [-0.4, -0.2) is 64.3 Å². The highest BCUT2D eigenvalue weighted by Crippen LogP contribution is 2.19. The van der Waals surface area contributed by atoms with E-state index in [0.717, 1.165) is 31.9 Å². The molecule has 1 aromatic heterocycles. The van der Waals surface area contributed by atoms with Gasteiger partial charge in [-0.05, 0) is 12.1 Å². The maximum Gasteiger partial charge on any atom is 0.207 e. The third-order valence-electron chi connectivity index (χ3n) is 3.78. The summed E-state index contributed by atoms with van der Waals surface area (Å²) < 4.78 is 0. The number of β-amino-alcohol motifs (C(OH)–C–C–N with tert-alkyl or cyclic N) is 1. The van der Waals surface area contributed by atoms with Crippen LogP contribution in [0.5, 0.6) is 0 Å². The lowest BCUT2D eigenvalue weighted by Gasteiger charge is -2.34. The molecule has 2 aromatic rings. The van der Waals surface area contributed by atoms with E-state index in [9.17, 15) is 5.26 Å². The Hall–Kier alpha value is -2.43. The summed E-state index contributed by atoms with van der Waals surface area (Å²) in [6, 6.07) is 11.7.